The maximum Gasteiger partial charge on any atom is 0.472 e. The van der Waals surface area contributed by atoms with E-state index in [9.17, 15) is 19.0 Å². The van der Waals surface area contributed by atoms with E-state index in [1.807, 2.05) is 0 Å². The van der Waals surface area contributed by atoms with Crippen LogP contribution in [0.1, 0.15) is 303 Å². The van der Waals surface area contributed by atoms with Gasteiger partial charge in [0, 0.05) is 19.4 Å². The molecule has 0 fully saturated rings. The van der Waals surface area contributed by atoms with Gasteiger partial charge in [-0.15, -0.1) is 0 Å². The molecular weight excluding hydrogens is 1090 g/mol. The molecule has 0 amide bonds. The Balaban J connectivity index is 3.96. The summed E-state index contributed by atoms with van der Waals surface area (Å²) in [5, 5.41) is 0. The van der Waals surface area contributed by atoms with Gasteiger partial charge in [-0.05, 0) is 96.3 Å². The lowest BCUT2D eigenvalue weighted by molar-refractivity contribution is -0.161. The molecule has 10 heteroatoms. The second-order valence-electron chi connectivity index (χ2n) is 23.0. The first kappa shape index (κ1) is 82.1. The van der Waals surface area contributed by atoms with Crippen LogP contribution in [0, 0.1) is 0 Å². The normalized spacial score (nSPS) is 13.8. The third-order valence-corrected chi connectivity index (χ3v) is 15.8. The molecule has 0 radical (unpaired) electrons. The highest BCUT2D eigenvalue weighted by Gasteiger charge is 2.26. The topological polar surface area (TPSA) is 134 Å². The predicted octanol–water partition coefficient (Wildman–Crippen LogP) is 23.2. The fourth-order valence-corrected chi connectivity index (χ4v) is 10.4. The maximum atomic E-state index is 12.8. The van der Waals surface area contributed by atoms with E-state index in [4.69, 9.17) is 24.3 Å². The first-order valence-corrected chi connectivity index (χ1v) is 36.7. The van der Waals surface area contributed by atoms with Crippen molar-refractivity contribution in [3.05, 3.63) is 134 Å². The summed E-state index contributed by atoms with van der Waals surface area (Å²) in [7, 11) is -4.40. The average Bonchev–Trinajstić information content (AvgIpc) is 3.58. The summed E-state index contributed by atoms with van der Waals surface area (Å²) in [4.78, 5) is 35.3. The molecule has 86 heavy (non-hydrogen) atoms. The van der Waals surface area contributed by atoms with Gasteiger partial charge < -0.3 is 20.1 Å². The molecule has 0 aliphatic rings. The van der Waals surface area contributed by atoms with Crippen LogP contribution in [0.3, 0.4) is 0 Å². The van der Waals surface area contributed by atoms with Crippen LogP contribution in [-0.4, -0.2) is 49.3 Å². The van der Waals surface area contributed by atoms with Crippen LogP contribution in [0.15, 0.2) is 134 Å². The largest absolute Gasteiger partial charge is 0.472 e. The van der Waals surface area contributed by atoms with Crippen molar-refractivity contribution in [2.75, 3.05) is 26.4 Å². The Bertz CT molecular complexity index is 1870. The number of phosphoric ester groups is 1. The number of ether oxygens (including phenoxy) is 2. The van der Waals surface area contributed by atoms with E-state index >= 15 is 0 Å². The number of allylic oxidation sites excluding steroid dienone is 22. The first-order valence-electron chi connectivity index (χ1n) is 35.2. The Kier molecular flexibility index (Phi) is 67.1. The van der Waals surface area contributed by atoms with Gasteiger partial charge in [-0.1, -0.05) is 327 Å². The van der Waals surface area contributed by atoms with Gasteiger partial charge in [0.1, 0.15) is 6.61 Å². The lowest BCUT2D eigenvalue weighted by Gasteiger charge is -2.19. The van der Waals surface area contributed by atoms with Crippen molar-refractivity contribution in [3.63, 3.8) is 0 Å². The number of esters is 2. The summed E-state index contributed by atoms with van der Waals surface area (Å²) in [5.41, 5.74) is 5.40. The molecule has 2 atom stereocenters. The number of carbonyl (C=O) groups is 2. The molecule has 0 heterocycles. The number of hydrogen-bond acceptors (Lipinski definition) is 8. The number of rotatable bonds is 65. The molecule has 0 saturated heterocycles. The molecule has 0 saturated carbocycles. The van der Waals surface area contributed by atoms with Crippen molar-refractivity contribution in [1.82, 2.24) is 0 Å². The Morgan fingerprint density at radius 2 is 0.640 bits per heavy atom. The van der Waals surface area contributed by atoms with Crippen LogP contribution in [0.25, 0.3) is 0 Å². The molecule has 9 nitrogen and oxygen atoms in total. The maximum absolute atomic E-state index is 12.8. The van der Waals surface area contributed by atoms with Crippen LogP contribution in [0.5, 0.6) is 0 Å². The number of unbranched alkanes of at least 4 members (excludes halogenated alkanes) is 30. The Morgan fingerprint density at radius 3 is 0.953 bits per heavy atom. The zero-order valence-electron chi connectivity index (χ0n) is 55.3. The molecule has 492 valence electrons. The molecule has 0 aromatic carbocycles. The number of phosphoric acid groups is 1. The third-order valence-electron chi connectivity index (χ3n) is 14.8. The number of nitrogens with two attached hydrogens (primary N) is 1. The highest BCUT2D eigenvalue weighted by atomic mass is 31.2. The Labute approximate surface area is 529 Å². The lowest BCUT2D eigenvalue weighted by atomic mass is 10.0. The van der Waals surface area contributed by atoms with Crippen molar-refractivity contribution in [2.24, 2.45) is 5.73 Å². The van der Waals surface area contributed by atoms with Gasteiger partial charge in [-0.25, -0.2) is 4.57 Å². The molecule has 0 aromatic rings. The molecular formula is C76H130NO8P. The minimum atomic E-state index is -4.40. The summed E-state index contributed by atoms with van der Waals surface area (Å²) in [5.74, 6) is -0.836. The zero-order valence-corrected chi connectivity index (χ0v) is 56.2. The van der Waals surface area contributed by atoms with E-state index in [1.165, 1.54) is 154 Å². The van der Waals surface area contributed by atoms with Gasteiger partial charge in [-0.2, -0.15) is 0 Å². The fourth-order valence-electron chi connectivity index (χ4n) is 9.64. The van der Waals surface area contributed by atoms with Crippen LogP contribution < -0.4 is 5.73 Å². The van der Waals surface area contributed by atoms with E-state index in [0.29, 0.717) is 6.42 Å². The standard InChI is InChI=1S/C76H130NO8P/c1-3-5-7-9-11-13-15-17-19-21-23-25-27-29-30-31-32-33-34-35-36-37-38-39-40-41-42-43-44-45-47-49-51-53-55-57-59-61-63-65-67-69-76(79)85-74(73-84-86(80,81)83-71-70-77)72-82-75(78)68-66-64-62-60-58-56-54-52-50-48-46-28-26-24-22-20-18-16-14-12-10-8-6-4-2/h5,7,11,13,17,19,23,25,29-30,32-33,35-36,38-39,41-42,44-45,49,51,74H,3-4,6,8-10,12,14-16,18,20-22,24,26-28,31,34,37,40,43,46-48,50,52-73,77H2,1-2H3,(H,80,81)/b7-5-,13-11-,19-17-,25-23-,30-29-,33-32-,36-35-,39-38-,42-41-,45-44-,51-49-. The van der Waals surface area contributed by atoms with Crippen molar-refractivity contribution in [2.45, 2.75) is 309 Å². The highest BCUT2D eigenvalue weighted by Crippen LogP contribution is 2.43. The van der Waals surface area contributed by atoms with E-state index in [1.54, 1.807) is 0 Å². The quantitative estimate of drug-likeness (QED) is 0.0264. The van der Waals surface area contributed by atoms with Crippen molar-refractivity contribution in [3.8, 4) is 0 Å². The van der Waals surface area contributed by atoms with E-state index in [2.05, 4.69) is 148 Å². The van der Waals surface area contributed by atoms with Crippen molar-refractivity contribution < 1.29 is 37.6 Å². The second-order valence-corrected chi connectivity index (χ2v) is 24.5. The second kappa shape index (κ2) is 70.2. The summed E-state index contributed by atoms with van der Waals surface area (Å²) < 4.78 is 33.2. The molecule has 3 N–H and O–H groups in total. The Hall–Kier alpha value is -3.85. The third kappa shape index (κ3) is 69.3. The van der Waals surface area contributed by atoms with Crippen LogP contribution in [0.4, 0.5) is 0 Å². The first-order chi connectivity index (χ1) is 42.3. The van der Waals surface area contributed by atoms with Crippen LogP contribution in [0.2, 0.25) is 0 Å². The van der Waals surface area contributed by atoms with E-state index in [0.717, 1.165) is 116 Å². The summed E-state index contributed by atoms with van der Waals surface area (Å²) in [6, 6.07) is 0. The molecule has 0 aromatic heterocycles. The molecule has 0 spiro atoms. The van der Waals surface area contributed by atoms with E-state index in [-0.39, 0.29) is 38.6 Å². The predicted molar refractivity (Wildman–Crippen MR) is 371 cm³/mol. The minimum Gasteiger partial charge on any atom is -0.462 e. The van der Waals surface area contributed by atoms with Gasteiger partial charge in [0.25, 0.3) is 0 Å². The van der Waals surface area contributed by atoms with Gasteiger partial charge >= 0.3 is 19.8 Å². The van der Waals surface area contributed by atoms with Gasteiger partial charge in [-0.3, -0.25) is 18.6 Å². The van der Waals surface area contributed by atoms with Crippen molar-refractivity contribution >= 4 is 19.8 Å². The zero-order chi connectivity index (χ0) is 62.3. The summed E-state index contributed by atoms with van der Waals surface area (Å²) in [6.07, 6.45) is 99.7. The molecule has 0 aliphatic carbocycles. The lowest BCUT2D eigenvalue weighted by Crippen LogP contribution is -2.29. The van der Waals surface area contributed by atoms with Gasteiger partial charge in [0.05, 0.1) is 13.2 Å². The Morgan fingerprint density at radius 1 is 0.360 bits per heavy atom. The average molecular weight is 1220 g/mol. The monoisotopic (exact) mass is 1220 g/mol. The highest BCUT2D eigenvalue weighted by molar-refractivity contribution is 7.47. The molecule has 2 unspecified atom stereocenters. The van der Waals surface area contributed by atoms with Gasteiger partial charge in [0.15, 0.2) is 6.10 Å². The molecule has 0 bridgehead atoms. The van der Waals surface area contributed by atoms with Crippen LogP contribution >= 0.6 is 7.82 Å². The minimum absolute atomic E-state index is 0.0469. The number of hydrogen-bond donors (Lipinski definition) is 2. The van der Waals surface area contributed by atoms with Crippen molar-refractivity contribution in [1.29, 1.82) is 0 Å². The fraction of sp³-hybridized carbons (Fsp3) is 0.684. The SMILES string of the molecule is CC/C=C\C/C=C\C/C=C\C/C=C\C/C=C\C/C=C\C/C=C\C/C=C\C/C=C\C/C=C\C/C=C\CCCCCCCCCC(=O)OC(COC(=O)CCCCCCCCCCCCCCCCCCCCCCCCCC)COP(=O)(O)OCCN. The summed E-state index contributed by atoms with van der Waals surface area (Å²) in [6.45, 7) is 3.64. The smallest absolute Gasteiger partial charge is 0.462 e. The summed E-state index contributed by atoms with van der Waals surface area (Å²) >= 11 is 0. The number of carbonyl (C=O) groups excluding carboxylic acids is 2. The molecule has 0 rings (SSSR count). The molecule has 0 aliphatic heterocycles. The van der Waals surface area contributed by atoms with E-state index < -0.39 is 26.5 Å². The van der Waals surface area contributed by atoms with Gasteiger partial charge in [0.2, 0.25) is 0 Å². The van der Waals surface area contributed by atoms with Crippen LogP contribution in [-0.2, 0) is 32.7 Å².